The summed E-state index contributed by atoms with van der Waals surface area (Å²) in [5, 5.41) is 5.24. The third-order valence-electron chi connectivity index (χ3n) is 2.63. The molecule has 0 atom stereocenters. The summed E-state index contributed by atoms with van der Waals surface area (Å²) in [5.74, 6) is 0. The van der Waals surface area contributed by atoms with Gasteiger partial charge in [0.05, 0.1) is 5.56 Å². The molecule has 0 aliphatic heterocycles. The molecule has 21 heavy (non-hydrogen) atoms. The van der Waals surface area contributed by atoms with Gasteiger partial charge in [-0.25, -0.2) is 4.79 Å². The van der Waals surface area contributed by atoms with Crippen LogP contribution in [0.1, 0.15) is 5.56 Å². The van der Waals surface area contributed by atoms with Gasteiger partial charge in [-0.05, 0) is 42.5 Å². The summed E-state index contributed by atoms with van der Waals surface area (Å²) < 4.78 is 37.8. The number of alkyl halides is 3. The molecular formula is C14H12F3N3O. The van der Waals surface area contributed by atoms with Crippen LogP contribution in [0.2, 0.25) is 0 Å². The number of hydrogen-bond donors (Lipinski definition) is 3. The Bertz CT molecular complexity index is 639. The third-order valence-corrected chi connectivity index (χ3v) is 2.63. The van der Waals surface area contributed by atoms with E-state index < -0.39 is 17.8 Å². The molecule has 110 valence electrons. The molecule has 4 nitrogen and oxygen atoms in total. The number of urea groups is 1. The standard InChI is InChI=1S/C14H12F3N3O/c15-14(16,17)9-2-1-3-12(8-9)19-10-4-6-11(7-5-10)20-13(18)21/h1-8,19H,(H3,18,20,21). The Hall–Kier alpha value is -2.70. The van der Waals surface area contributed by atoms with Crippen LogP contribution < -0.4 is 16.4 Å². The first-order chi connectivity index (χ1) is 9.84. The van der Waals surface area contributed by atoms with Crippen molar-refractivity contribution in [1.82, 2.24) is 0 Å². The third kappa shape index (κ3) is 4.13. The normalized spacial score (nSPS) is 11.0. The summed E-state index contributed by atoms with van der Waals surface area (Å²) >= 11 is 0. The van der Waals surface area contributed by atoms with Gasteiger partial charge in [-0.3, -0.25) is 0 Å². The quantitative estimate of drug-likeness (QED) is 0.803. The van der Waals surface area contributed by atoms with Crippen molar-refractivity contribution in [2.45, 2.75) is 6.18 Å². The number of rotatable bonds is 3. The van der Waals surface area contributed by atoms with E-state index in [-0.39, 0.29) is 0 Å². The molecule has 0 aliphatic rings. The minimum absolute atomic E-state index is 0.320. The molecular weight excluding hydrogens is 283 g/mol. The van der Waals surface area contributed by atoms with Gasteiger partial charge in [0.1, 0.15) is 0 Å². The molecule has 2 rings (SSSR count). The maximum atomic E-state index is 12.6. The van der Waals surface area contributed by atoms with Crippen molar-refractivity contribution in [3.63, 3.8) is 0 Å². The average Bonchev–Trinajstić information content (AvgIpc) is 2.40. The first kappa shape index (κ1) is 14.7. The summed E-state index contributed by atoms with van der Waals surface area (Å²) in [5.41, 5.74) is 5.65. The number of carbonyl (C=O) groups is 1. The van der Waals surface area contributed by atoms with E-state index in [2.05, 4.69) is 10.6 Å². The number of primary amides is 1. The smallest absolute Gasteiger partial charge is 0.356 e. The van der Waals surface area contributed by atoms with Crippen molar-refractivity contribution in [1.29, 1.82) is 0 Å². The van der Waals surface area contributed by atoms with Crippen molar-refractivity contribution in [3.8, 4) is 0 Å². The van der Waals surface area contributed by atoms with E-state index in [9.17, 15) is 18.0 Å². The van der Waals surface area contributed by atoms with Crippen LogP contribution in [-0.4, -0.2) is 6.03 Å². The highest BCUT2D eigenvalue weighted by atomic mass is 19.4. The molecule has 7 heteroatoms. The average molecular weight is 295 g/mol. The molecule has 2 amide bonds. The topological polar surface area (TPSA) is 67.2 Å². The van der Waals surface area contributed by atoms with Gasteiger partial charge in [0.2, 0.25) is 0 Å². The zero-order valence-electron chi connectivity index (χ0n) is 10.7. The summed E-state index contributed by atoms with van der Waals surface area (Å²) in [4.78, 5) is 10.7. The van der Waals surface area contributed by atoms with Gasteiger partial charge in [-0.15, -0.1) is 0 Å². The Morgan fingerprint density at radius 2 is 1.57 bits per heavy atom. The molecule has 0 radical (unpaired) electrons. The molecule has 0 fully saturated rings. The molecule has 0 aliphatic carbocycles. The molecule has 2 aromatic rings. The lowest BCUT2D eigenvalue weighted by Crippen LogP contribution is -2.19. The fraction of sp³-hybridized carbons (Fsp3) is 0.0714. The first-order valence-electron chi connectivity index (χ1n) is 5.95. The van der Waals surface area contributed by atoms with Crippen LogP contribution >= 0.6 is 0 Å². The van der Waals surface area contributed by atoms with Gasteiger partial charge in [0.15, 0.2) is 0 Å². The predicted molar refractivity (Wildman–Crippen MR) is 74.4 cm³/mol. The van der Waals surface area contributed by atoms with Crippen molar-refractivity contribution < 1.29 is 18.0 Å². The highest BCUT2D eigenvalue weighted by molar-refractivity contribution is 5.88. The number of amides is 2. The molecule has 4 N–H and O–H groups in total. The zero-order valence-corrected chi connectivity index (χ0v) is 10.7. The second-order valence-electron chi connectivity index (χ2n) is 4.27. The van der Waals surface area contributed by atoms with Gasteiger partial charge >= 0.3 is 12.2 Å². The highest BCUT2D eigenvalue weighted by Gasteiger charge is 2.30. The molecule has 0 saturated carbocycles. The number of hydrogen-bond acceptors (Lipinski definition) is 2. The van der Waals surface area contributed by atoms with Crippen molar-refractivity contribution in [2.24, 2.45) is 5.73 Å². The second-order valence-corrected chi connectivity index (χ2v) is 4.27. The maximum Gasteiger partial charge on any atom is 0.416 e. The van der Waals surface area contributed by atoms with E-state index in [0.717, 1.165) is 12.1 Å². The van der Waals surface area contributed by atoms with Crippen LogP contribution in [0.4, 0.5) is 35.0 Å². The number of nitrogens with one attached hydrogen (secondary N) is 2. The Kier molecular flexibility index (Phi) is 4.02. The molecule has 0 spiro atoms. The Balaban J connectivity index is 2.13. The van der Waals surface area contributed by atoms with Gasteiger partial charge in [-0.1, -0.05) is 6.07 Å². The molecule has 0 bridgehead atoms. The zero-order chi connectivity index (χ0) is 15.5. The Labute approximate surface area is 118 Å². The van der Waals surface area contributed by atoms with E-state index in [0.29, 0.717) is 17.1 Å². The van der Waals surface area contributed by atoms with E-state index in [4.69, 9.17) is 5.73 Å². The second kappa shape index (κ2) is 5.74. The van der Waals surface area contributed by atoms with Gasteiger partial charge < -0.3 is 16.4 Å². The molecule has 2 aromatic carbocycles. The van der Waals surface area contributed by atoms with Crippen LogP contribution in [0.15, 0.2) is 48.5 Å². The summed E-state index contributed by atoms with van der Waals surface area (Å²) in [6, 6.07) is 10.6. The van der Waals surface area contributed by atoms with Crippen LogP contribution in [0.25, 0.3) is 0 Å². The van der Waals surface area contributed by atoms with Crippen molar-refractivity contribution in [2.75, 3.05) is 10.6 Å². The monoisotopic (exact) mass is 295 g/mol. The number of carbonyl (C=O) groups excluding carboxylic acids is 1. The lowest BCUT2D eigenvalue weighted by atomic mass is 10.2. The lowest BCUT2D eigenvalue weighted by Gasteiger charge is -2.11. The SMILES string of the molecule is NC(=O)Nc1ccc(Nc2cccc(C(F)(F)F)c2)cc1. The van der Waals surface area contributed by atoms with E-state index >= 15 is 0 Å². The molecule has 0 aromatic heterocycles. The van der Waals surface area contributed by atoms with Crippen molar-refractivity contribution >= 4 is 23.1 Å². The van der Waals surface area contributed by atoms with E-state index in [1.807, 2.05) is 0 Å². The molecule has 0 saturated heterocycles. The van der Waals surface area contributed by atoms with Crippen LogP contribution in [0.5, 0.6) is 0 Å². The van der Waals surface area contributed by atoms with Crippen LogP contribution in [0.3, 0.4) is 0 Å². The maximum absolute atomic E-state index is 12.6. The minimum atomic E-state index is -4.38. The summed E-state index contributed by atoms with van der Waals surface area (Å²) in [6.07, 6.45) is -4.38. The Morgan fingerprint density at radius 3 is 2.14 bits per heavy atom. The Morgan fingerprint density at radius 1 is 0.952 bits per heavy atom. The lowest BCUT2D eigenvalue weighted by molar-refractivity contribution is -0.137. The highest BCUT2D eigenvalue weighted by Crippen LogP contribution is 2.31. The first-order valence-corrected chi connectivity index (χ1v) is 5.95. The number of anilines is 3. The van der Waals surface area contributed by atoms with Crippen LogP contribution in [-0.2, 0) is 6.18 Å². The summed E-state index contributed by atoms with van der Waals surface area (Å²) in [6.45, 7) is 0. The fourth-order valence-electron chi connectivity index (χ4n) is 1.72. The van der Waals surface area contributed by atoms with Gasteiger partial charge in [0.25, 0.3) is 0 Å². The molecule has 0 unspecified atom stereocenters. The largest absolute Gasteiger partial charge is 0.416 e. The number of halogens is 3. The molecule has 0 heterocycles. The van der Waals surface area contributed by atoms with E-state index in [1.54, 1.807) is 24.3 Å². The van der Waals surface area contributed by atoms with Crippen molar-refractivity contribution in [3.05, 3.63) is 54.1 Å². The fourth-order valence-corrected chi connectivity index (χ4v) is 1.72. The number of benzene rings is 2. The van der Waals surface area contributed by atoms with Gasteiger partial charge in [-0.2, -0.15) is 13.2 Å². The van der Waals surface area contributed by atoms with Crippen LogP contribution in [0, 0.1) is 0 Å². The minimum Gasteiger partial charge on any atom is -0.356 e. The number of nitrogens with two attached hydrogens (primary N) is 1. The van der Waals surface area contributed by atoms with Gasteiger partial charge in [0, 0.05) is 17.1 Å². The predicted octanol–water partition coefficient (Wildman–Crippen LogP) is 3.94. The summed E-state index contributed by atoms with van der Waals surface area (Å²) in [7, 11) is 0. The van der Waals surface area contributed by atoms with E-state index in [1.165, 1.54) is 12.1 Å².